The number of nitrogens with zero attached hydrogens (tertiary/aromatic N) is 1. The summed E-state index contributed by atoms with van der Waals surface area (Å²) < 4.78 is 33.8. The Morgan fingerprint density at radius 3 is 2.32 bits per heavy atom. The molecule has 1 fully saturated rings. The van der Waals surface area contributed by atoms with Gasteiger partial charge in [-0.2, -0.15) is 0 Å². The van der Waals surface area contributed by atoms with E-state index in [-0.39, 0.29) is 10.8 Å². The molecule has 8 heteroatoms. The third-order valence-corrected chi connectivity index (χ3v) is 8.25. The van der Waals surface area contributed by atoms with Gasteiger partial charge in [-0.05, 0) is 79.1 Å². The molecule has 2 N–H and O–H groups in total. The van der Waals surface area contributed by atoms with Gasteiger partial charge in [-0.25, -0.2) is 8.42 Å². The molecule has 7 nitrogen and oxygen atoms in total. The quantitative estimate of drug-likeness (QED) is 0.366. The van der Waals surface area contributed by atoms with Crippen molar-refractivity contribution in [2.45, 2.75) is 38.0 Å². The van der Waals surface area contributed by atoms with Gasteiger partial charge in [-0.1, -0.05) is 44.2 Å². The van der Waals surface area contributed by atoms with Crippen LogP contribution in [-0.2, 0) is 16.4 Å². The van der Waals surface area contributed by atoms with Crippen LogP contribution >= 0.6 is 0 Å². The molecular formula is C30H37N3O4S. The predicted octanol–water partition coefficient (Wildman–Crippen LogP) is 5.34. The SMILES string of the molecule is COc1ccc(S(=O)(=O)Nc2ccc(N3CCC(Cc4ccccc4)CC3)c(C(=O)NCC(C)C)c2)cc1. The first-order valence-electron chi connectivity index (χ1n) is 13.1. The summed E-state index contributed by atoms with van der Waals surface area (Å²) in [6.45, 7) is 6.31. The summed E-state index contributed by atoms with van der Waals surface area (Å²) >= 11 is 0. The van der Waals surface area contributed by atoms with Crippen molar-refractivity contribution in [2.75, 3.05) is 36.4 Å². The molecule has 38 heavy (non-hydrogen) atoms. The second kappa shape index (κ2) is 12.3. The number of carbonyl (C=O) groups is 1. The molecule has 1 aliphatic heterocycles. The van der Waals surface area contributed by atoms with Gasteiger partial charge in [0, 0.05) is 31.0 Å². The lowest BCUT2D eigenvalue weighted by atomic mass is 9.89. The number of rotatable bonds is 10. The molecule has 0 saturated carbocycles. The lowest BCUT2D eigenvalue weighted by molar-refractivity contribution is 0.0949. The Kier molecular flexibility index (Phi) is 8.94. The van der Waals surface area contributed by atoms with E-state index < -0.39 is 10.0 Å². The molecule has 4 rings (SSSR count). The number of amides is 1. The lowest BCUT2D eigenvalue weighted by Crippen LogP contribution is -2.36. The van der Waals surface area contributed by atoms with Crippen LogP contribution in [0.5, 0.6) is 5.75 Å². The molecule has 0 bridgehead atoms. The van der Waals surface area contributed by atoms with Gasteiger partial charge >= 0.3 is 0 Å². The Bertz CT molecular complexity index is 1320. The van der Waals surface area contributed by atoms with Gasteiger partial charge in [-0.3, -0.25) is 9.52 Å². The maximum atomic E-state index is 13.2. The van der Waals surface area contributed by atoms with Gasteiger partial charge in [0.25, 0.3) is 15.9 Å². The number of carbonyl (C=O) groups excluding carboxylic acids is 1. The second-order valence-electron chi connectivity index (χ2n) is 10.2. The summed E-state index contributed by atoms with van der Waals surface area (Å²) in [5, 5.41) is 3.00. The second-order valence-corrected chi connectivity index (χ2v) is 11.9. The molecule has 1 saturated heterocycles. The lowest BCUT2D eigenvalue weighted by Gasteiger charge is -2.35. The van der Waals surface area contributed by atoms with E-state index in [2.05, 4.69) is 39.2 Å². The number of ether oxygens (including phenoxy) is 1. The van der Waals surface area contributed by atoms with Crippen molar-refractivity contribution >= 4 is 27.3 Å². The molecule has 202 valence electrons. The van der Waals surface area contributed by atoms with E-state index in [0.717, 1.165) is 38.0 Å². The number of piperidine rings is 1. The number of benzene rings is 3. The first kappa shape index (κ1) is 27.5. The van der Waals surface area contributed by atoms with Crippen LogP contribution in [0.25, 0.3) is 0 Å². The van der Waals surface area contributed by atoms with E-state index in [1.165, 1.54) is 24.8 Å². The third-order valence-electron chi connectivity index (χ3n) is 6.86. The molecule has 0 atom stereocenters. The normalized spacial score (nSPS) is 14.4. The highest BCUT2D eigenvalue weighted by atomic mass is 32.2. The predicted molar refractivity (Wildman–Crippen MR) is 152 cm³/mol. The zero-order chi connectivity index (χ0) is 27.1. The fourth-order valence-corrected chi connectivity index (χ4v) is 5.79. The van der Waals surface area contributed by atoms with E-state index in [0.29, 0.717) is 35.4 Å². The highest BCUT2D eigenvalue weighted by molar-refractivity contribution is 7.92. The number of nitrogens with one attached hydrogen (secondary N) is 2. The number of methoxy groups -OCH3 is 1. The van der Waals surface area contributed by atoms with Crippen LogP contribution in [0, 0.1) is 11.8 Å². The van der Waals surface area contributed by atoms with Crippen LogP contribution in [0.15, 0.2) is 77.7 Å². The minimum absolute atomic E-state index is 0.119. The number of hydrogen-bond acceptors (Lipinski definition) is 5. The van der Waals surface area contributed by atoms with Gasteiger partial charge in [0.1, 0.15) is 5.75 Å². The van der Waals surface area contributed by atoms with Crippen molar-refractivity contribution in [3.63, 3.8) is 0 Å². The molecule has 0 aliphatic carbocycles. The van der Waals surface area contributed by atoms with Gasteiger partial charge in [0.05, 0.1) is 17.6 Å². The molecule has 0 unspecified atom stereocenters. The summed E-state index contributed by atoms with van der Waals surface area (Å²) in [6.07, 6.45) is 3.13. The zero-order valence-electron chi connectivity index (χ0n) is 22.3. The molecular weight excluding hydrogens is 498 g/mol. The Morgan fingerprint density at radius 2 is 1.68 bits per heavy atom. The molecule has 3 aromatic rings. The van der Waals surface area contributed by atoms with Crippen molar-refractivity contribution < 1.29 is 17.9 Å². The topological polar surface area (TPSA) is 87.7 Å². The molecule has 1 aliphatic rings. The Labute approximate surface area is 226 Å². The minimum Gasteiger partial charge on any atom is -0.497 e. The maximum absolute atomic E-state index is 13.2. The summed E-state index contributed by atoms with van der Waals surface area (Å²) in [5.41, 5.74) is 3.00. The van der Waals surface area contributed by atoms with Gasteiger partial charge in [0.2, 0.25) is 0 Å². The summed E-state index contributed by atoms with van der Waals surface area (Å²) in [6, 6.07) is 22.0. The standard InChI is InChI=1S/C30H37N3O4S/c1-22(2)21-31-30(34)28-20-25(32-38(35,36)27-12-10-26(37-3)11-13-27)9-14-29(28)33-17-15-24(16-18-33)19-23-7-5-4-6-8-23/h4-14,20,22,24,32H,15-19,21H2,1-3H3,(H,31,34). The summed E-state index contributed by atoms with van der Waals surface area (Å²) in [4.78, 5) is 15.6. The monoisotopic (exact) mass is 535 g/mol. The van der Waals surface area contributed by atoms with Gasteiger partial charge in [-0.15, -0.1) is 0 Å². The zero-order valence-corrected chi connectivity index (χ0v) is 23.1. The number of sulfonamides is 1. The van der Waals surface area contributed by atoms with Crippen molar-refractivity contribution in [2.24, 2.45) is 11.8 Å². The smallest absolute Gasteiger partial charge is 0.261 e. The molecule has 3 aromatic carbocycles. The summed E-state index contributed by atoms with van der Waals surface area (Å²) in [5.74, 6) is 1.27. The van der Waals surface area contributed by atoms with Crippen LogP contribution in [-0.4, -0.2) is 41.1 Å². The average molecular weight is 536 g/mol. The molecule has 1 amide bonds. The Hall–Kier alpha value is -3.52. The number of hydrogen-bond donors (Lipinski definition) is 2. The molecule has 0 aromatic heterocycles. The van der Waals surface area contributed by atoms with Crippen molar-refractivity contribution in [3.8, 4) is 5.75 Å². The van der Waals surface area contributed by atoms with Crippen molar-refractivity contribution in [1.29, 1.82) is 0 Å². The van der Waals surface area contributed by atoms with Crippen molar-refractivity contribution in [1.82, 2.24) is 5.32 Å². The fourth-order valence-electron chi connectivity index (χ4n) is 4.74. The van der Waals surface area contributed by atoms with Gasteiger partial charge < -0.3 is 15.0 Å². The average Bonchev–Trinajstić information content (AvgIpc) is 2.92. The molecule has 0 radical (unpaired) electrons. The first-order chi connectivity index (χ1) is 18.2. The third kappa shape index (κ3) is 7.07. The van der Waals surface area contributed by atoms with E-state index in [9.17, 15) is 13.2 Å². The van der Waals surface area contributed by atoms with Gasteiger partial charge in [0.15, 0.2) is 0 Å². The van der Waals surface area contributed by atoms with Crippen LogP contribution in [0.3, 0.4) is 0 Å². The fraction of sp³-hybridized carbons (Fsp3) is 0.367. The Balaban J connectivity index is 1.53. The largest absolute Gasteiger partial charge is 0.497 e. The van der Waals surface area contributed by atoms with E-state index in [4.69, 9.17) is 4.74 Å². The van der Waals surface area contributed by atoms with Crippen LogP contribution in [0.1, 0.15) is 42.6 Å². The van der Waals surface area contributed by atoms with Crippen molar-refractivity contribution in [3.05, 3.63) is 83.9 Å². The minimum atomic E-state index is -3.83. The first-order valence-corrected chi connectivity index (χ1v) is 14.6. The van der Waals surface area contributed by atoms with E-state index in [1.54, 1.807) is 24.3 Å². The van der Waals surface area contributed by atoms with E-state index in [1.807, 2.05) is 26.0 Å². The molecule has 0 spiro atoms. The van der Waals surface area contributed by atoms with Crippen LogP contribution in [0.4, 0.5) is 11.4 Å². The number of anilines is 2. The van der Waals surface area contributed by atoms with Crippen LogP contribution < -0.4 is 19.7 Å². The highest BCUT2D eigenvalue weighted by Crippen LogP contribution is 2.31. The molecule has 1 heterocycles. The summed E-state index contributed by atoms with van der Waals surface area (Å²) in [7, 11) is -2.30. The highest BCUT2D eigenvalue weighted by Gasteiger charge is 2.24. The van der Waals surface area contributed by atoms with E-state index >= 15 is 0 Å². The Morgan fingerprint density at radius 1 is 1.00 bits per heavy atom. The van der Waals surface area contributed by atoms with Crippen LogP contribution in [0.2, 0.25) is 0 Å². The maximum Gasteiger partial charge on any atom is 0.261 e.